The van der Waals surface area contributed by atoms with Gasteiger partial charge in [0.2, 0.25) is 0 Å². The summed E-state index contributed by atoms with van der Waals surface area (Å²) in [5, 5.41) is 25.1. The molecule has 3 N–H and O–H groups in total. The van der Waals surface area contributed by atoms with E-state index in [9.17, 15) is 14.7 Å². The van der Waals surface area contributed by atoms with Crippen LogP contribution in [0.3, 0.4) is 0 Å². The number of carbonyl (C=O) groups is 2. The highest BCUT2D eigenvalue weighted by atomic mass is 32.2. The van der Waals surface area contributed by atoms with Crippen molar-refractivity contribution in [3.63, 3.8) is 0 Å². The second kappa shape index (κ2) is 11.0. The highest BCUT2D eigenvalue weighted by molar-refractivity contribution is 7.99. The third kappa shape index (κ3) is 8.91. The first-order valence-corrected chi connectivity index (χ1v) is 8.43. The first-order chi connectivity index (χ1) is 12.3. The zero-order chi connectivity index (χ0) is 19.5. The lowest BCUT2D eigenvalue weighted by Gasteiger charge is -2.13. The van der Waals surface area contributed by atoms with E-state index < -0.39 is 11.9 Å². The summed E-state index contributed by atoms with van der Waals surface area (Å²) in [5.74, 6) is -2.20. The van der Waals surface area contributed by atoms with E-state index in [1.807, 2.05) is 18.2 Å². The number of carboxylic acids is 2. The SMILES string of the molecule is CN(C)Cc1ccccc1Sc1cccc(O)c1.O=C(O)/C=C\C(=O)O. The van der Waals surface area contributed by atoms with Crippen molar-refractivity contribution in [3.05, 3.63) is 66.2 Å². The number of hydrogen-bond donors (Lipinski definition) is 3. The van der Waals surface area contributed by atoms with Crippen molar-refractivity contribution in [2.45, 2.75) is 16.3 Å². The lowest BCUT2D eigenvalue weighted by atomic mass is 10.2. The molecule has 26 heavy (non-hydrogen) atoms. The summed E-state index contributed by atoms with van der Waals surface area (Å²) >= 11 is 1.68. The summed E-state index contributed by atoms with van der Waals surface area (Å²) in [4.78, 5) is 23.6. The molecule has 0 fully saturated rings. The summed E-state index contributed by atoms with van der Waals surface area (Å²) < 4.78 is 0. The van der Waals surface area contributed by atoms with Crippen LogP contribution in [0, 0.1) is 0 Å². The Morgan fingerprint density at radius 2 is 1.62 bits per heavy atom. The van der Waals surface area contributed by atoms with Crippen LogP contribution in [0.25, 0.3) is 0 Å². The molecule has 2 aromatic carbocycles. The third-order valence-corrected chi connectivity index (χ3v) is 3.98. The van der Waals surface area contributed by atoms with Gasteiger partial charge in [-0.25, -0.2) is 9.59 Å². The van der Waals surface area contributed by atoms with Crippen molar-refractivity contribution in [2.24, 2.45) is 0 Å². The van der Waals surface area contributed by atoms with Gasteiger partial charge in [-0.1, -0.05) is 36.0 Å². The zero-order valence-electron chi connectivity index (χ0n) is 14.5. The number of aliphatic carboxylic acids is 2. The van der Waals surface area contributed by atoms with Crippen molar-refractivity contribution in [1.29, 1.82) is 0 Å². The van der Waals surface area contributed by atoms with Crippen LogP contribution in [0.4, 0.5) is 0 Å². The lowest BCUT2D eigenvalue weighted by Crippen LogP contribution is -2.11. The van der Waals surface area contributed by atoms with Gasteiger partial charge in [-0.3, -0.25) is 0 Å². The Kier molecular flexibility index (Phi) is 8.97. The summed E-state index contributed by atoms with van der Waals surface area (Å²) in [6, 6.07) is 15.7. The van der Waals surface area contributed by atoms with Gasteiger partial charge in [0.25, 0.3) is 0 Å². The number of phenolic OH excluding ortho intramolecular Hbond substituents is 1. The van der Waals surface area contributed by atoms with E-state index in [0.717, 1.165) is 11.4 Å². The predicted molar refractivity (Wildman–Crippen MR) is 100 cm³/mol. The maximum atomic E-state index is 9.55. The highest BCUT2D eigenvalue weighted by Gasteiger charge is 2.05. The zero-order valence-corrected chi connectivity index (χ0v) is 15.3. The highest BCUT2D eigenvalue weighted by Crippen LogP contribution is 2.32. The van der Waals surface area contributed by atoms with Crippen molar-refractivity contribution in [2.75, 3.05) is 14.1 Å². The lowest BCUT2D eigenvalue weighted by molar-refractivity contribution is -0.134. The molecular formula is C19H21NO5S. The van der Waals surface area contributed by atoms with Gasteiger partial charge in [0.15, 0.2) is 0 Å². The normalized spacial score (nSPS) is 10.4. The second-order valence-corrected chi connectivity index (χ2v) is 6.57. The van der Waals surface area contributed by atoms with Gasteiger partial charge in [0, 0.05) is 28.5 Å². The largest absolute Gasteiger partial charge is 0.508 e. The van der Waals surface area contributed by atoms with Crippen LogP contribution in [0.15, 0.2) is 70.5 Å². The number of nitrogens with zero attached hydrogens (tertiary/aromatic N) is 1. The minimum atomic E-state index is -1.26. The molecule has 0 aliphatic rings. The van der Waals surface area contributed by atoms with E-state index in [1.54, 1.807) is 23.9 Å². The van der Waals surface area contributed by atoms with Crippen LogP contribution < -0.4 is 0 Å². The van der Waals surface area contributed by atoms with Crippen LogP contribution >= 0.6 is 11.8 Å². The molecule has 0 saturated carbocycles. The molecule has 0 saturated heterocycles. The maximum Gasteiger partial charge on any atom is 0.328 e. The van der Waals surface area contributed by atoms with Gasteiger partial charge >= 0.3 is 11.9 Å². The number of rotatable bonds is 6. The monoisotopic (exact) mass is 375 g/mol. The van der Waals surface area contributed by atoms with Gasteiger partial charge in [-0.2, -0.15) is 0 Å². The summed E-state index contributed by atoms with van der Waals surface area (Å²) in [5.41, 5.74) is 1.30. The van der Waals surface area contributed by atoms with E-state index in [1.165, 1.54) is 10.5 Å². The molecule has 0 amide bonds. The summed E-state index contributed by atoms with van der Waals surface area (Å²) in [7, 11) is 4.13. The average molecular weight is 375 g/mol. The Morgan fingerprint density at radius 1 is 1.00 bits per heavy atom. The van der Waals surface area contributed by atoms with Gasteiger partial charge in [0.1, 0.15) is 5.75 Å². The summed E-state index contributed by atoms with van der Waals surface area (Å²) in [6.07, 6.45) is 1.12. The predicted octanol–water partition coefficient (Wildman–Crippen LogP) is 3.32. The minimum absolute atomic E-state index is 0.310. The average Bonchev–Trinajstić information content (AvgIpc) is 2.55. The van der Waals surface area contributed by atoms with Crippen molar-refractivity contribution < 1.29 is 24.9 Å². The first kappa shape index (κ1) is 21.3. The minimum Gasteiger partial charge on any atom is -0.508 e. The standard InChI is InChI=1S/C15H17NOS.C4H4O4/c1-16(2)11-12-6-3-4-9-15(12)18-14-8-5-7-13(17)10-14;5-3(6)1-2-4(7)8/h3-10,17H,11H2,1-2H3;1-2H,(H,5,6)(H,7,8)/b;2-1-. The van der Waals surface area contributed by atoms with Crippen molar-refractivity contribution in [1.82, 2.24) is 4.90 Å². The molecule has 0 aliphatic heterocycles. The smallest absolute Gasteiger partial charge is 0.328 e. The molecular weight excluding hydrogens is 354 g/mol. The fraction of sp³-hybridized carbons (Fsp3) is 0.158. The van der Waals surface area contributed by atoms with E-state index in [4.69, 9.17) is 10.2 Å². The maximum absolute atomic E-state index is 9.55. The van der Waals surface area contributed by atoms with Gasteiger partial charge in [-0.05, 0) is 43.9 Å². The van der Waals surface area contributed by atoms with Gasteiger partial charge in [-0.15, -0.1) is 0 Å². The number of phenols is 1. The molecule has 0 radical (unpaired) electrons. The van der Waals surface area contributed by atoms with Crippen LogP contribution in [0.2, 0.25) is 0 Å². The second-order valence-electron chi connectivity index (χ2n) is 5.45. The topological polar surface area (TPSA) is 98.1 Å². The molecule has 0 atom stereocenters. The Labute approximate surface area is 156 Å². The van der Waals surface area contributed by atoms with E-state index in [2.05, 4.69) is 37.2 Å². The van der Waals surface area contributed by atoms with E-state index in [-0.39, 0.29) is 0 Å². The number of aromatic hydroxyl groups is 1. The molecule has 7 heteroatoms. The Hall–Kier alpha value is -2.77. The number of carboxylic acid groups (broad SMARTS) is 2. The molecule has 0 bridgehead atoms. The number of hydrogen-bond acceptors (Lipinski definition) is 5. The molecule has 0 unspecified atom stereocenters. The molecule has 0 spiro atoms. The Balaban J connectivity index is 0.000000359. The van der Waals surface area contributed by atoms with Crippen LogP contribution in [0.1, 0.15) is 5.56 Å². The molecule has 138 valence electrons. The number of benzene rings is 2. The fourth-order valence-corrected chi connectivity index (χ4v) is 2.88. The summed E-state index contributed by atoms with van der Waals surface area (Å²) in [6.45, 7) is 0.919. The Morgan fingerprint density at radius 3 is 2.15 bits per heavy atom. The Bertz CT molecular complexity index is 758. The van der Waals surface area contributed by atoms with Crippen molar-refractivity contribution in [3.8, 4) is 5.75 Å². The molecule has 2 aromatic rings. The molecule has 0 aliphatic carbocycles. The molecule has 6 nitrogen and oxygen atoms in total. The first-order valence-electron chi connectivity index (χ1n) is 7.61. The van der Waals surface area contributed by atoms with Crippen LogP contribution in [0.5, 0.6) is 5.75 Å². The fourth-order valence-electron chi connectivity index (χ4n) is 1.89. The molecule has 0 heterocycles. The van der Waals surface area contributed by atoms with Crippen molar-refractivity contribution >= 4 is 23.7 Å². The molecule has 0 aromatic heterocycles. The van der Waals surface area contributed by atoms with Gasteiger partial charge in [0.05, 0.1) is 0 Å². The van der Waals surface area contributed by atoms with E-state index in [0.29, 0.717) is 17.9 Å². The quantitative estimate of drug-likeness (QED) is 0.666. The third-order valence-electron chi connectivity index (χ3n) is 2.87. The van der Waals surface area contributed by atoms with Gasteiger partial charge < -0.3 is 20.2 Å². The van der Waals surface area contributed by atoms with E-state index >= 15 is 0 Å². The molecule has 2 rings (SSSR count). The van der Waals surface area contributed by atoms with Crippen LogP contribution in [-0.4, -0.2) is 46.3 Å². The van der Waals surface area contributed by atoms with Crippen LogP contribution in [-0.2, 0) is 16.1 Å².